The molecule has 0 aromatic heterocycles. The van der Waals surface area contributed by atoms with Crippen LogP contribution in [0.3, 0.4) is 0 Å². The fraction of sp³-hybridized carbons (Fsp3) is 0.368. The van der Waals surface area contributed by atoms with Gasteiger partial charge in [-0.05, 0) is 31.5 Å². The van der Waals surface area contributed by atoms with Crippen molar-refractivity contribution < 1.29 is 14.7 Å². The van der Waals surface area contributed by atoms with E-state index in [0.29, 0.717) is 30.9 Å². The normalized spacial score (nSPS) is 11.8. The summed E-state index contributed by atoms with van der Waals surface area (Å²) < 4.78 is 5.43. The molecule has 6 heteroatoms. The van der Waals surface area contributed by atoms with E-state index < -0.39 is 6.09 Å². The van der Waals surface area contributed by atoms with E-state index >= 15 is 0 Å². The largest absolute Gasteiger partial charge is 0.414 e. The molecule has 0 bridgehead atoms. The number of oxime groups is 1. The third kappa shape index (κ3) is 5.56. The number of terminal acetylenes is 2. The number of amides is 1. The average molecular weight is 341 g/mol. The van der Waals surface area contributed by atoms with Crippen LogP contribution in [0.25, 0.3) is 0 Å². The maximum atomic E-state index is 12.1. The Balaban J connectivity index is 3.18. The van der Waals surface area contributed by atoms with Crippen molar-refractivity contribution in [3.05, 3.63) is 29.3 Å². The topological polar surface area (TPSA) is 65.4 Å². The Morgan fingerprint density at radius 1 is 1.40 bits per heavy atom. The van der Waals surface area contributed by atoms with Crippen molar-refractivity contribution in [1.29, 1.82) is 0 Å². The quantitative estimate of drug-likeness (QED) is 0.358. The van der Waals surface area contributed by atoms with Crippen molar-refractivity contribution in [3.63, 3.8) is 0 Å². The monoisotopic (exact) mass is 341 g/mol. The molecule has 0 saturated carbocycles. The van der Waals surface area contributed by atoms with Gasteiger partial charge in [-0.3, -0.25) is 4.90 Å². The van der Waals surface area contributed by atoms with Crippen molar-refractivity contribution in [2.24, 2.45) is 5.16 Å². The van der Waals surface area contributed by atoms with Gasteiger partial charge in [0.05, 0.1) is 19.3 Å². The highest BCUT2D eigenvalue weighted by atomic mass is 16.6. The first kappa shape index (κ1) is 20.1. The van der Waals surface area contributed by atoms with Gasteiger partial charge in [-0.15, -0.1) is 12.8 Å². The smallest absolute Gasteiger partial charge is 0.411 e. The third-order valence-corrected chi connectivity index (χ3v) is 3.84. The van der Waals surface area contributed by atoms with E-state index in [0.717, 1.165) is 5.56 Å². The lowest BCUT2D eigenvalue weighted by Crippen LogP contribution is -2.30. The van der Waals surface area contributed by atoms with Gasteiger partial charge in [0, 0.05) is 25.2 Å². The van der Waals surface area contributed by atoms with Gasteiger partial charge in [-0.2, -0.15) is 0 Å². The molecule has 0 aliphatic carbocycles. The SMILES string of the molecule is C#CCN(CC#C)C(C)c1ccc(/C=N\O)c(OC(=O)N(C)CC)c1. The van der Waals surface area contributed by atoms with E-state index in [9.17, 15) is 4.79 Å². The molecule has 1 N–H and O–H groups in total. The average Bonchev–Trinajstić information content (AvgIpc) is 2.61. The van der Waals surface area contributed by atoms with Gasteiger partial charge in [0.1, 0.15) is 5.75 Å². The van der Waals surface area contributed by atoms with Gasteiger partial charge in [0.2, 0.25) is 0 Å². The van der Waals surface area contributed by atoms with Crippen LogP contribution < -0.4 is 4.74 Å². The van der Waals surface area contributed by atoms with Crippen LogP contribution in [-0.4, -0.2) is 54.0 Å². The molecular weight excluding hydrogens is 318 g/mol. The van der Waals surface area contributed by atoms with Gasteiger partial charge in [-0.1, -0.05) is 23.1 Å². The number of ether oxygens (including phenoxy) is 1. The van der Waals surface area contributed by atoms with Gasteiger partial charge >= 0.3 is 6.09 Å². The van der Waals surface area contributed by atoms with E-state index in [-0.39, 0.29) is 6.04 Å². The first-order chi connectivity index (χ1) is 12.0. The summed E-state index contributed by atoms with van der Waals surface area (Å²) >= 11 is 0. The number of nitrogens with zero attached hydrogens (tertiary/aromatic N) is 3. The van der Waals surface area contributed by atoms with Gasteiger partial charge in [0.15, 0.2) is 0 Å². The molecule has 1 rings (SSSR count). The molecule has 0 fully saturated rings. The second-order valence-corrected chi connectivity index (χ2v) is 5.41. The van der Waals surface area contributed by atoms with Crippen molar-refractivity contribution in [1.82, 2.24) is 9.80 Å². The molecule has 0 aliphatic rings. The van der Waals surface area contributed by atoms with E-state index in [2.05, 4.69) is 17.0 Å². The highest BCUT2D eigenvalue weighted by molar-refractivity contribution is 5.85. The minimum atomic E-state index is -0.496. The molecule has 1 aromatic carbocycles. The summed E-state index contributed by atoms with van der Waals surface area (Å²) in [4.78, 5) is 15.4. The number of rotatable bonds is 7. The Morgan fingerprint density at radius 3 is 2.56 bits per heavy atom. The molecule has 1 atom stereocenters. The summed E-state index contributed by atoms with van der Waals surface area (Å²) in [7, 11) is 1.64. The lowest BCUT2D eigenvalue weighted by atomic mass is 10.0. The predicted molar refractivity (Wildman–Crippen MR) is 97.8 cm³/mol. The van der Waals surface area contributed by atoms with Gasteiger partial charge in [-0.25, -0.2) is 4.79 Å². The molecule has 1 amide bonds. The number of carbonyl (C=O) groups is 1. The molecule has 1 unspecified atom stereocenters. The number of benzene rings is 1. The van der Waals surface area contributed by atoms with Crippen LogP contribution in [-0.2, 0) is 0 Å². The Bertz CT molecular complexity index is 685. The fourth-order valence-corrected chi connectivity index (χ4v) is 2.14. The number of hydrogen-bond acceptors (Lipinski definition) is 5. The van der Waals surface area contributed by atoms with E-state index in [4.69, 9.17) is 22.8 Å². The molecule has 0 spiro atoms. The second kappa shape index (κ2) is 10.0. The number of hydrogen-bond donors (Lipinski definition) is 1. The Hall–Kier alpha value is -2.96. The zero-order chi connectivity index (χ0) is 18.8. The van der Waals surface area contributed by atoms with Crippen LogP contribution in [0.15, 0.2) is 23.4 Å². The Kier molecular flexibility index (Phi) is 8.05. The Morgan fingerprint density at radius 2 is 2.04 bits per heavy atom. The fourth-order valence-electron chi connectivity index (χ4n) is 2.14. The first-order valence-electron chi connectivity index (χ1n) is 7.83. The lowest BCUT2D eigenvalue weighted by molar-refractivity contribution is 0.165. The minimum absolute atomic E-state index is 0.0754. The van der Waals surface area contributed by atoms with E-state index in [1.54, 1.807) is 19.2 Å². The van der Waals surface area contributed by atoms with Crippen molar-refractivity contribution in [3.8, 4) is 30.4 Å². The summed E-state index contributed by atoms with van der Waals surface area (Å²) in [5.41, 5.74) is 1.36. The summed E-state index contributed by atoms with van der Waals surface area (Å²) in [5, 5.41) is 11.8. The Labute approximate surface area is 149 Å². The third-order valence-electron chi connectivity index (χ3n) is 3.84. The first-order valence-corrected chi connectivity index (χ1v) is 7.83. The van der Waals surface area contributed by atoms with Crippen LogP contribution >= 0.6 is 0 Å². The van der Waals surface area contributed by atoms with Crippen LogP contribution in [0.1, 0.15) is 31.0 Å². The standard InChI is InChI=1S/C19H23N3O3/c1-6-11-22(12-7-2)15(4)16-9-10-17(14-20-24)18(13-16)25-19(23)21(5)8-3/h1-2,9-10,13-15,24H,8,11-12H2,3-5H3/b20-14-. The predicted octanol–water partition coefficient (Wildman–Crippen LogP) is 2.57. The van der Waals surface area contributed by atoms with Crippen molar-refractivity contribution in [2.45, 2.75) is 19.9 Å². The molecule has 0 saturated heterocycles. The van der Waals surface area contributed by atoms with Crippen LogP contribution in [0.4, 0.5) is 4.79 Å². The number of carbonyl (C=O) groups excluding carboxylic acids is 1. The molecule has 132 valence electrons. The maximum Gasteiger partial charge on any atom is 0.414 e. The highest BCUT2D eigenvalue weighted by Gasteiger charge is 2.18. The lowest BCUT2D eigenvalue weighted by Gasteiger charge is -2.26. The molecule has 25 heavy (non-hydrogen) atoms. The second-order valence-electron chi connectivity index (χ2n) is 5.41. The van der Waals surface area contributed by atoms with Crippen molar-refractivity contribution >= 4 is 12.3 Å². The molecule has 0 aliphatic heterocycles. The molecule has 1 aromatic rings. The summed E-state index contributed by atoms with van der Waals surface area (Å²) in [6.07, 6.45) is 11.5. The van der Waals surface area contributed by atoms with Crippen LogP contribution in [0.2, 0.25) is 0 Å². The van der Waals surface area contributed by atoms with E-state index in [1.807, 2.05) is 24.8 Å². The summed E-state index contributed by atoms with van der Waals surface area (Å²) in [6.45, 7) is 5.12. The van der Waals surface area contributed by atoms with Crippen LogP contribution in [0, 0.1) is 24.7 Å². The minimum Gasteiger partial charge on any atom is -0.411 e. The van der Waals surface area contributed by atoms with Gasteiger partial charge in [0.25, 0.3) is 0 Å². The summed E-state index contributed by atoms with van der Waals surface area (Å²) in [5.74, 6) is 5.48. The zero-order valence-corrected chi connectivity index (χ0v) is 14.8. The molecular formula is C19H23N3O3. The maximum absolute atomic E-state index is 12.1. The van der Waals surface area contributed by atoms with E-state index in [1.165, 1.54) is 11.1 Å². The highest BCUT2D eigenvalue weighted by Crippen LogP contribution is 2.27. The molecule has 0 heterocycles. The zero-order valence-electron chi connectivity index (χ0n) is 14.8. The van der Waals surface area contributed by atoms with Gasteiger partial charge < -0.3 is 14.8 Å². The summed E-state index contributed by atoms with van der Waals surface area (Å²) in [6, 6.07) is 5.21. The van der Waals surface area contributed by atoms with Crippen LogP contribution in [0.5, 0.6) is 5.75 Å². The molecule has 6 nitrogen and oxygen atoms in total. The molecule has 0 radical (unpaired) electrons. The van der Waals surface area contributed by atoms with Crippen molar-refractivity contribution in [2.75, 3.05) is 26.7 Å².